The number of aryl methyl sites for hydroxylation is 1. The van der Waals surface area contributed by atoms with E-state index in [2.05, 4.69) is 43.8 Å². The number of hydrogen-bond acceptors (Lipinski definition) is 5. The van der Waals surface area contributed by atoms with Gasteiger partial charge >= 0.3 is 0 Å². The van der Waals surface area contributed by atoms with Gasteiger partial charge in [-0.2, -0.15) is 0 Å². The van der Waals surface area contributed by atoms with Gasteiger partial charge < -0.3 is 10.2 Å². The summed E-state index contributed by atoms with van der Waals surface area (Å²) >= 11 is 1.73. The summed E-state index contributed by atoms with van der Waals surface area (Å²) < 4.78 is 0. The molecule has 5 heteroatoms. The van der Waals surface area contributed by atoms with Crippen molar-refractivity contribution in [2.45, 2.75) is 13.3 Å². The molecule has 3 rings (SSSR count). The molecule has 20 heavy (non-hydrogen) atoms. The first-order valence-electron chi connectivity index (χ1n) is 7.13. The second-order valence-electron chi connectivity index (χ2n) is 5.11. The van der Waals surface area contributed by atoms with Gasteiger partial charge in [0.2, 0.25) is 0 Å². The highest BCUT2D eigenvalue weighted by Crippen LogP contribution is 2.23. The molecule has 0 atom stereocenters. The molecule has 1 aliphatic heterocycles. The second kappa shape index (κ2) is 6.43. The van der Waals surface area contributed by atoms with Crippen molar-refractivity contribution in [1.29, 1.82) is 0 Å². The minimum Gasteiger partial charge on any atom is -0.314 e. The molecule has 0 saturated carbocycles. The molecule has 0 radical (unpaired) electrons. The van der Waals surface area contributed by atoms with Gasteiger partial charge in [0.1, 0.15) is 5.82 Å². The summed E-state index contributed by atoms with van der Waals surface area (Å²) in [6, 6.07) is 6.32. The minimum absolute atomic E-state index is 0.867. The van der Waals surface area contributed by atoms with Gasteiger partial charge in [0.05, 0.1) is 10.6 Å². The first kappa shape index (κ1) is 13.7. The molecule has 0 amide bonds. The molecule has 1 N–H and O–H groups in total. The van der Waals surface area contributed by atoms with Crippen molar-refractivity contribution in [1.82, 2.24) is 20.2 Å². The molecule has 4 nitrogen and oxygen atoms in total. The number of hydrogen-bond donors (Lipinski definition) is 1. The molecule has 0 unspecified atom stereocenters. The van der Waals surface area contributed by atoms with Crippen LogP contribution in [0.3, 0.4) is 0 Å². The third-order valence-corrected chi connectivity index (χ3v) is 4.45. The minimum atomic E-state index is 0.867. The van der Waals surface area contributed by atoms with Gasteiger partial charge in [0.25, 0.3) is 0 Å². The lowest BCUT2D eigenvalue weighted by Gasteiger charge is -2.26. The fourth-order valence-corrected chi connectivity index (χ4v) is 3.20. The lowest BCUT2D eigenvalue weighted by molar-refractivity contribution is 0.243. The molecule has 106 valence electrons. The number of piperazine rings is 1. The Bertz CT molecular complexity index is 547. The zero-order valence-corrected chi connectivity index (χ0v) is 12.6. The molecular weight excluding hydrogens is 268 g/mol. The second-order valence-corrected chi connectivity index (χ2v) is 6.06. The van der Waals surface area contributed by atoms with Gasteiger partial charge in [0, 0.05) is 44.8 Å². The Labute approximate surface area is 123 Å². The Kier molecular flexibility index (Phi) is 4.40. The van der Waals surface area contributed by atoms with Crippen LogP contribution in [0.4, 0.5) is 0 Å². The zero-order chi connectivity index (χ0) is 13.8. The maximum absolute atomic E-state index is 4.58. The Morgan fingerprint density at radius 1 is 1.30 bits per heavy atom. The Hall–Kier alpha value is -1.30. The SMILES string of the molecule is Cc1nc(CCN2CCNCC2)cc(-c2cccs2)n1. The summed E-state index contributed by atoms with van der Waals surface area (Å²) in [7, 11) is 0. The highest BCUT2D eigenvalue weighted by atomic mass is 32.1. The van der Waals surface area contributed by atoms with E-state index >= 15 is 0 Å². The van der Waals surface area contributed by atoms with Crippen molar-refractivity contribution in [3.8, 4) is 10.6 Å². The van der Waals surface area contributed by atoms with Gasteiger partial charge in [-0.3, -0.25) is 0 Å². The van der Waals surface area contributed by atoms with E-state index in [9.17, 15) is 0 Å². The van der Waals surface area contributed by atoms with Gasteiger partial charge in [-0.1, -0.05) is 6.07 Å². The monoisotopic (exact) mass is 288 g/mol. The van der Waals surface area contributed by atoms with E-state index in [1.54, 1.807) is 11.3 Å². The predicted octanol–water partition coefficient (Wildman–Crippen LogP) is 1.96. The maximum atomic E-state index is 4.58. The third-order valence-electron chi connectivity index (χ3n) is 3.56. The fraction of sp³-hybridized carbons (Fsp3) is 0.467. The number of nitrogens with zero attached hydrogens (tertiary/aromatic N) is 3. The Morgan fingerprint density at radius 2 is 2.15 bits per heavy atom. The van der Waals surface area contributed by atoms with Gasteiger partial charge in [-0.15, -0.1) is 11.3 Å². The number of aromatic nitrogens is 2. The van der Waals surface area contributed by atoms with Crippen LogP contribution in [-0.4, -0.2) is 47.6 Å². The van der Waals surface area contributed by atoms with Crippen molar-refractivity contribution in [2.24, 2.45) is 0 Å². The van der Waals surface area contributed by atoms with E-state index in [1.165, 1.54) is 4.88 Å². The van der Waals surface area contributed by atoms with E-state index < -0.39 is 0 Å². The number of rotatable bonds is 4. The molecule has 0 bridgehead atoms. The largest absolute Gasteiger partial charge is 0.314 e. The first-order valence-corrected chi connectivity index (χ1v) is 8.01. The quantitative estimate of drug-likeness (QED) is 0.934. The summed E-state index contributed by atoms with van der Waals surface area (Å²) in [5.41, 5.74) is 2.21. The Morgan fingerprint density at radius 3 is 2.90 bits per heavy atom. The van der Waals surface area contributed by atoms with E-state index in [0.717, 1.165) is 56.4 Å². The van der Waals surface area contributed by atoms with Crippen molar-refractivity contribution in [3.05, 3.63) is 35.1 Å². The van der Waals surface area contributed by atoms with Crippen molar-refractivity contribution < 1.29 is 0 Å². The number of thiophene rings is 1. The summed E-state index contributed by atoms with van der Waals surface area (Å²) in [5.74, 6) is 0.867. The molecule has 1 saturated heterocycles. The zero-order valence-electron chi connectivity index (χ0n) is 11.8. The standard InChI is InChI=1S/C15H20N4S/c1-12-17-13(4-7-19-8-5-16-6-9-19)11-14(18-12)15-3-2-10-20-15/h2-3,10-11,16H,4-9H2,1H3. The van der Waals surface area contributed by atoms with E-state index in [1.807, 2.05) is 6.92 Å². The molecule has 0 spiro atoms. The van der Waals surface area contributed by atoms with E-state index in [-0.39, 0.29) is 0 Å². The van der Waals surface area contributed by atoms with Crippen molar-refractivity contribution in [3.63, 3.8) is 0 Å². The smallest absolute Gasteiger partial charge is 0.126 e. The van der Waals surface area contributed by atoms with Crippen LogP contribution in [0.15, 0.2) is 23.6 Å². The predicted molar refractivity (Wildman–Crippen MR) is 83.1 cm³/mol. The average molecular weight is 288 g/mol. The summed E-state index contributed by atoms with van der Waals surface area (Å²) in [6.07, 6.45) is 1.00. The molecule has 1 fully saturated rings. The van der Waals surface area contributed by atoms with Crippen LogP contribution < -0.4 is 5.32 Å². The Balaban J connectivity index is 1.69. The fourth-order valence-electron chi connectivity index (χ4n) is 2.52. The molecule has 3 heterocycles. The highest BCUT2D eigenvalue weighted by molar-refractivity contribution is 7.13. The maximum Gasteiger partial charge on any atom is 0.126 e. The van der Waals surface area contributed by atoms with Crippen LogP contribution >= 0.6 is 11.3 Å². The lowest BCUT2D eigenvalue weighted by Crippen LogP contribution is -2.44. The van der Waals surface area contributed by atoms with Crippen LogP contribution in [0.25, 0.3) is 10.6 Å². The van der Waals surface area contributed by atoms with Crippen LogP contribution in [0.1, 0.15) is 11.5 Å². The molecule has 0 aliphatic carbocycles. The topological polar surface area (TPSA) is 41.1 Å². The van der Waals surface area contributed by atoms with Crippen LogP contribution in [0, 0.1) is 6.92 Å². The summed E-state index contributed by atoms with van der Waals surface area (Å²) in [5, 5.41) is 5.47. The molecule has 2 aromatic heterocycles. The van der Waals surface area contributed by atoms with Crippen LogP contribution in [0.5, 0.6) is 0 Å². The summed E-state index contributed by atoms with van der Waals surface area (Å²) in [6.45, 7) is 7.55. The van der Waals surface area contributed by atoms with Crippen molar-refractivity contribution >= 4 is 11.3 Å². The average Bonchev–Trinajstić information content (AvgIpc) is 3.00. The van der Waals surface area contributed by atoms with E-state index in [0.29, 0.717) is 0 Å². The van der Waals surface area contributed by atoms with Gasteiger partial charge in [-0.05, 0) is 24.4 Å². The van der Waals surface area contributed by atoms with Gasteiger partial charge in [0.15, 0.2) is 0 Å². The highest BCUT2D eigenvalue weighted by Gasteiger charge is 2.11. The third kappa shape index (κ3) is 3.42. The van der Waals surface area contributed by atoms with E-state index in [4.69, 9.17) is 0 Å². The van der Waals surface area contributed by atoms with Crippen molar-refractivity contribution in [2.75, 3.05) is 32.7 Å². The van der Waals surface area contributed by atoms with Crippen LogP contribution in [0.2, 0.25) is 0 Å². The molecule has 1 aliphatic rings. The molecule has 2 aromatic rings. The number of nitrogens with one attached hydrogen (secondary N) is 1. The normalized spacial score (nSPS) is 16.4. The molecule has 0 aromatic carbocycles. The lowest BCUT2D eigenvalue weighted by atomic mass is 10.2. The first-order chi connectivity index (χ1) is 9.81. The summed E-state index contributed by atoms with van der Waals surface area (Å²) in [4.78, 5) is 12.8. The van der Waals surface area contributed by atoms with Crippen LogP contribution in [-0.2, 0) is 6.42 Å². The van der Waals surface area contributed by atoms with Gasteiger partial charge in [-0.25, -0.2) is 9.97 Å². The molecular formula is C15H20N4S.